The average molecular weight is 306 g/mol. The maximum absolute atomic E-state index is 8.83. The molecule has 0 amide bonds. The van der Waals surface area contributed by atoms with E-state index >= 15 is 0 Å². The summed E-state index contributed by atoms with van der Waals surface area (Å²) < 4.78 is 5.90. The van der Waals surface area contributed by atoms with E-state index in [9.17, 15) is 0 Å². The van der Waals surface area contributed by atoms with E-state index in [1.54, 1.807) is 0 Å². The number of aliphatic hydroxyl groups is 1. The highest BCUT2D eigenvalue weighted by Crippen LogP contribution is 2.24. The normalized spacial score (nSPS) is 10.6. The van der Waals surface area contributed by atoms with Gasteiger partial charge in [-0.2, -0.15) is 0 Å². The van der Waals surface area contributed by atoms with Crippen molar-refractivity contribution in [2.45, 2.75) is 20.1 Å². The lowest BCUT2D eigenvalue weighted by atomic mass is 10.1. The van der Waals surface area contributed by atoms with Gasteiger partial charge in [0.1, 0.15) is 12.4 Å². The molecule has 2 aromatic rings. The smallest absolute Gasteiger partial charge is 0.124 e. The maximum Gasteiger partial charge on any atom is 0.124 e. The highest BCUT2D eigenvalue weighted by molar-refractivity contribution is 6.30. The van der Waals surface area contributed by atoms with Gasteiger partial charge in [0.05, 0.1) is 6.61 Å². The van der Waals surface area contributed by atoms with Crippen LogP contribution in [0.4, 0.5) is 0 Å². The minimum atomic E-state index is 0.111. The van der Waals surface area contributed by atoms with Gasteiger partial charge >= 0.3 is 0 Å². The molecule has 2 aromatic carbocycles. The largest absolute Gasteiger partial charge is 0.489 e. The molecule has 0 aromatic heterocycles. The zero-order valence-electron chi connectivity index (χ0n) is 12.1. The van der Waals surface area contributed by atoms with E-state index in [4.69, 9.17) is 21.4 Å². The summed E-state index contributed by atoms with van der Waals surface area (Å²) in [4.78, 5) is 0. The lowest BCUT2D eigenvalue weighted by Crippen LogP contribution is -2.18. The molecule has 2 rings (SSSR count). The third kappa shape index (κ3) is 5.05. The van der Waals surface area contributed by atoms with Gasteiger partial charge in [-0.1, -0.05) is 41.4 Å². The second-order valence-corrected chi connectivity index (χ2v) is 5.37. The zero-order valence-corrected chi connectivity index (χ0v) is 12.9. The predicted molar refractivity (Wildman–Crippen MR) is 85.8 cm³/mol. The van der Waals surface area contributed by atoms with Gasteiger partial charge in [-0.05, 0) is 30.7 Å². The van der Waals surface area contributed by atoms with Gasteiger partial charge < -0.3 is 15.2 Å². The summed E-state index contributed by atoms with van der Waals surface area (Å²) in [6.45, 7) is 3.86. The first-order valence-corrected chi connectivity index (χ1v) is 7.35. The number of rotatable bonds is 7. The van der Waals surface area contributed by atoms with E-state index in [1.807, 2.05) is 30.3 Å². The van der Waals surface area contributed by atoms with Crippen LogP contribution in [-0.4, -0.2) is 18.3 Å². The molecule has 0 heterocycles. The molecule has 0 aliphatic carbocycles. The van der Waals surface area contributed by atoms with Crippen LogP contribution >= 0.6 is 11.6 Å². The van der Waals surface area contributed by atoms with E-state index in [1.165, 1.54) is 5.56 Å². The molecule has 21 heavy (non-hydrogen) atoms. The Morgan fingerprint density at radius 3 is 2.81 bits per heavy atom. The van der Waals surface area contributed by atoms with E-state index in [0.717, 1.165) is 16.9 Å². The molecule has 0 saturated carbocycles. The summed E-state index contributed by atoms with van der Waals surface area (Å²) in [5, 5.41) is 12.6. The van der Waals surface area contributed by atoms with Crippen LogP contribution in [0, 0.1) is 6.92 Å². The Kier molecular flexibility index (Phi) is 6.05. The molecule has 0 aliphatic rings. The summed E-state index contributed by atoms with van der Waals surface area (Å²) in [6.07, 6.45) is 0. The van der Waals surface area contributed by atoms with Gasteiger partial charge in [0.2, 0.25) is 0 Å². The molecule has 0 fully saturated rings. The number of halogens is 1. The summed E-state index contributed by atoms with van der Waals surface area (Å²) in [7, 11) is 0. The zero-order chi connectivity index (χ0) is 15.1. The van der Waals surface area contributed by atoms with E-state index in [0.29, 0.717) is 24.7 Å². The number of nitrogens with one attached hydrogen (secondary N) is 1. The molecule has 0 saturated heterocycles. The first-order valence-electron chi connectivity index (χ1n) is 6.97. The summed E-state index contributed by atoms with van der Waals surface area (Å²) in [6, 6.07) is 13.8. The first-order chi connectivity index (χ1) is 10.2. The second-order valence-electron chi connectivity index (χ2n) is 4.93. The van der Waals surface area contributed by atoms with Crippen LogP contribution in [0.1, 0.15) is 16.7 Å². The molecule has 112 valence electrons. The molecule has 0 unspecified atom stereocenters. The van der Waals surface area contributed by atoms with Gasteiger partial charge in [0, 0.05) is 23.7 Å². The van der Waals surface area contributed by atoms with Crippen molar-refractivity contribution in [2.75, 3.05) is 13.2 Å². The summed E-state index contributed by atoms with van der Waals surface area (Å²) in [5.74, 6) is 0.811. The number of aliphatic hydroxyl groups excluding tert-OH is 1. The van der Waals surface area contributed by atoms with Gasteiger partial charge in [0.15, 0.2) is 0 Å². The summed E-state index contributed by atoms with van der Waals surface area (Å²) in [5.41, 5.74) is 3.35. The number of benzene rings is 2. The number of hydrogen-bond donors (Lipinski definition) is 2. The van der Waals surface area contributed by atoms with E-state index in [-0.39, 0.29) is 6.61 Å². The maximum atomic E-state index is 8.83. The Bertz CT molecular complexity index is 587. The summed E-state index contributed by atoms with van der Waals surface area (Å²) >= 11 is 6.03. The molecule has 0 aliphatic heterocycles. The molecular formula is C17H20ClNO2. The predicted octanol–water partition coefficient (Wildman–Crippen LogP) is 3.31. The van der Waals surface area contributed by atoms with Crippen molar-refractivity contribution < 1.29 is 9.84 Å². The Hall–Kier alpha value is -1.55. The van der Waals surface area contributed by atoms with Gasteiger partial charge in [-0.3, -0.25) is 0 Å². The number of hydrogen-bond acceptors (Lipinski definition) is 3. The fourth-order valence-corrected chi connectivity index (χ4v) is 2.29. The van der Waals surface area contributed by atoms with Crippen LogP contribution in [0.15, 0.2) is 42.5 Å². The minimum absolute atomic E-state index is 0.111. The van der Waals surface area contributed by atoms with Crippen LogP contribution in [0.3, 0.4) is 0 Å². The Morgan fingerprint density at radius 2 is 2.05 bits per heavy atom. The van der Waals surface area contributed by atoms with Gasteiger partial charge in [-0.15, -0.1) is 0 Å². The monoisotopic (exact) mass is 305 g/mol. The van der Waals surface area contributed by atoms with Crippen LogP contribution in [0.25, 0.3) is 0 Å². The van der Waals surface area contributed by atoms with Crippen LogP contribution < -0.4 is 10.1 Å². The third-order valence-corrected chi connectivity index (χ3v) is 3.34. The number of aryl methyl sites for hydroxylation is 1. The lowest BCUT2D eigenvalue weighted by Gasteiger charge is -2.13. The first kappa shape index (κ1) is 15.8. The average Bonchev–Trinajstić information content (AvgIpc) is 2.47. The topological polar surface area (TPSA) is 41.5 Å². The lowest BCUT2D eigenvalue weighted by molar-refractivity contribution is 0.288. The van der Waals surface area contributed by atoms with Crippen LogP contribution in [-0.2, 0) is 13.2 Å². The van der Waals surface area contributed by atoms with Crippen molar-refractivity contribution in [1.29, 1.82) is 0 Å². The van der Waals surface area contributed by atoms with E-state index < -0.39 is 0 Å². The quantitative estimate of drug-likeness (QED) is 0.771. The van der Waals surface area contributed by atoms with Crippen LogP contribution in [0.2, 0.25) is 5.02 Å². The fourth-order valence-electron chi connectivity index (χ4n) is 2.09. The molecule has 0 bridgehead atoms. The molecule has 2 N–H and O–H groups in total. The van der Waals surface area contributed by atoms with Crippen molar-refractivity contribution in [1.82, 2.24) is 5.32 Å². The van der Waals surface area contributed by atoms with Crippen molar-refractivity contribution >= 4 is 11.6 Å². The second kappa shape index (κ2) is 8.03. The number of ether oxygens (including phenoxy) is 1. The van der Waals surface area contributed by atoms with Crippen molar-refractivity contribution in [3.8, 4) is 5.75 Å². The standard InChI is InChI=1S/C17H20ClNO2/c1-13-3-2-4-14(9-13)12-21-17-6-5-16(18)10-15(17)11-19-7-8-20/h2-6,9-10,19-20H,7-8,11-12H2,1H3. The van der Waals surface area contributed by atoms with E-state index in [2.05, 4.69) is 24.4 Å². The molecule has 4 heteroatoms. The van der Waals surface area contributed by atoms with Crippen molar-refractivity contribution in [2.24, 2.45) is 0 Å². The fraction of sp³-hybridized carbons (Fsp3) is 0.294. The van der Waals surface area contributed by atoms with Crippen LogP contribution in [0.5, 0.6) is 5.75 Å². The molecule has 3 nitrogen and oxygen atoms in total. The van der Waals surface area contributed by atoms with Crippen molar-refractivity contribution in [3.05, 3.63) is 64.2 Å². The van der Waals surface area contributed by atoms with Gasteiger partial charge in [-0.25, -0.2) is 0 Å². The molecule has 0 radical (unpaired) electrons. The molecule has 0 spiro atoms. The highest BCUT2D eigenvalue weighted by Gasteiger charge is 2.05. The SMILES string of the molecule is Cc1cccc(COc2ccc(Cl)cc2CNCCO)c1. The molecule has 0 atom stereocenters. The van der Waals surface area contributed by atoms with Gasteiger partial charge in [0.25, 0.3) is 0 Å². The minimum Gasteiger partial charge on any atom is -0.489 e. The Morgan fingerprint density at radius 1 is 1.19 bits per heavy atom. The molecular weight excluding hydrogens is 286 g/mol. The highest BCUT2D eigenvalue weighted by atomic mass is 35.5. The third-order valence-electron chi connectivity index (χ3n) is 3.10. The van der Waals surface area contributed by atoms with Crippen molar-refractivity contribution in [3.63, 3.8) is 0 Å². The Labute approximate surface area is 130 Å². The Balaban J connectivity index is 2.04.